The van der Waals surface area contributed by atoms with Crippen molar-refractivity contribution in [2.75, 3.05) is 26.1 Å². The Morgan fingerprint density at radius 1 is 1.13 bits per heavy atom. The second kappa shape index (κ2) is 10.2. The molecule has 0 fully saturated rings. The molecule has 0 saturated heterocycles. The van der Waals surface area contributed by atoms with Crippen molar-refractivity contribution in [3.8, 4) is 6.07 Å². The van der Waals surface area contributed by atoms with Crippen molar-refractivity contribution < 1.29 is 37.8 Å². The maximum Gasteiger partial charge on any atom is 0.349 e. The normalized spacial score (nSPS) is 10.5. The van der Waals surface area contributed by atoms with E-state index in [1.807, 2.05) is 0 Å². The first-order valence-corrected chi connectivity index (χ1v) is 8.32. The molecule has 1 amide bonds. The monoisotopic (exact) mass is 412 g/mol. The van der Waals surface area contributed by atoms with Crippen molar-refractivity contribution in [1.82, 2.24) is 0 Å². The second-order valence-corrected chi connectivity index (χ2v) is 5.55. The topological polar surface area (TPSA) is 145 Å². The van der Waals surface area contributed by atoms with E-state index in [-0.39, 0.29) is 28.1 Å². The number of methoxy groups -OCH3 is 2. The van der Waals surface area contributed by atoms with Gasteiger partial charge in [-0.25, -0.2) is 14.4 Å². The van der Waals surface area contributed by atoms with E-state index in [2.05, 4.69) is 14.8 Å². The summed E-state index contributed by atoms with van der Waals surface area (Å²) in [5, 5.41) is 11.4. The predicted octanol–water partition coefficient (Wildman–Crippen LogP) is 1.94. The third-order valence-electron chi connectivity index (χ3n) is 3.62. The molecule has 0 saturated carbocycles. The first kappa shape index (κ1) is 21.9. The van der Waals surface area contributed by atoms with Crippen molar-refractivity contribution >= 4 is 35.6 Å². The maximum absolute atomic E-state index is 12.2. The second-order valence-electron chi connectivity index (χ2n) is 5.55. The van der Waals surface area contributed by atoms with Crippen LogP contribution in [0.5, 0.6) is 0 Å². The number of furan rings is 1. The Balaban J connectivity index is 2.11. The number of benzene rings is 1. The number of hydrogen-bond donors (Lipinski definition) is 1. The van der Waals surface area contributed by atoms with Gasteiger partial charge in [-0.1, -0.05) is 0 Å². The van der Waals surface area contributed by atoms with Crippen LogP contribution >= 0.6 is 0 Å². The molecule has 0 radical (unpaired) electrons. The number of nitrogens with one attached hydrogen (secondary N) is 1. The molecule has 10 nitrogen and oxygen atoms in total. The number of anilines is 1. The Labute approximate surface area is 170 Å². The van der Waals surface area contributed by atoms with E-state index >= 15 is 0 Å². The van der Waals surface area contributed by atoms with Gasteiger partial charge in [-0.15, -0.1) is 0 Å². The van der Waals surface area contributed by atoms with E-state index in [0.717, 1.165) is 13.2 Å². The molecule has 2 aromatic rings. The minimum Gasteiger partial charge on any atom is -0.465 e. The van der Waals surface area contributed by atoms with Crippen LogP contribution in [0.4, 0.5) is 5.69 Å². The van der Waals surface area contributed by atoms with E-state index < -0.39 is 30.4 Å². The molecular formula is C20H16N2O8. The number of ether oxygens (including phenoxy) is 3. The van der Waals surface area contributed by atoms with Crippen LogP contribution in [0.3, 0.4) is 0 Å². The summed E-state index contributed by atoms with van der Waals surface area (Å²) >= 11 is 0. The van der Waals surface area contributed by atoms with Crippen LogP contribution in [0, 0.1) is 11.3 Å². The molecule has 0 aliphatic carbocycles. The Morgan fingerprint density at radius 3 is 2.47 bits per heavy atom. The molecule has 2 rings (SSSR count). The van der Waals surface area contributed by atoms with Gasteiger partial charge in [0.05, 0.1) is 37.3 Å². The minimum atomic E-state index is -1.04. The molecule has 0 bridgehead atoms. The van der Waals surface area contributed by atoms with Gasteiger partial charge in [0.1, 0.15) is 17.4 Å². The summed E-state index contributed by atoms with van der Waals surface area (Å²) < 4.78 is 19.1. The van der Waals surface area contributed by atoms with Gasteiger partial charge in [0, 0.05) is 6.08 Å². The summed E-state index contributed by atoms with van der Waals surface area (Å²) in [7, 11) is 2.33. The fraction of sp³-hybridized carbons (Fsp3) is 0.150. The molecule has 0 aliphatic heterocycles. The largest absolute Gasteiger partial charge is 0.465 e. The molecule has 0 atom stereocenters. The van der Waals surface area contributed by atoms with Crippen LogP contribution in [0.2, 0.25) is 0 Å². The lowest BCUT2D eigenvalue weighted by Gasteiger charge is -2.11. The number of esters is 3. The van der Waals surface area contributed by atoms with Crippen LogP contribution < -0.4 is 5.32 Å². The molecule has 154 valence electrons. The lowest BCUT2D eigenvalue weighted by atomic mass is 10.1. The highest BCUT2D eigenvalue weighted by molar-refractivity contribution is 6.04. The lowest BCUT2D eigenvalue weighted by molar-refractivity contribution is -0.142. The van der Waals surface area contributed by atoms with E-state index in [4.69, 9.17) is 14.4 Å². The minimum absolute atomic E-state index is 0.0275. The number of rotatable bonds is 7. The molecule has 30 heavy (non-hydrogen) atoms. The molecule has 1 aromatic carbocycles. The molecule has 0 unspecified atom stereocenters. The summed E-state index contributed by atoms with van der Waals surface area (Å²) in [4.78, 5) is 47.7. The summed E-state index contributed by atoms with van der Waals surface area (Å²) in [6.07, 6.45) is 2.52. The lowest BCUT2D eigenvalue weighted by Crippen LogP contribution is -2.23. The van der Waals surface area contributed by atoms with Gasteiger partial charge in [-0.05, 0) is 30.3 Å². The van der Waals surface area contributed by atoms with Crippen molar-refractivity contribution in [1.29, 1.82) is 5.26 Å². The zero-order valence-corrected chi connectivity index (χ0v) is 16.0. The zero-order valence-electron chi connectivity index (χ0n) is 16.0. The van der Waals surface area contributed by atoms with E-state index in [9.17, 15) is 19.2 Å². The van der Waals surface area contributed by atoms with Gasteiger partial charge < -0.3 is 23.9 Å². The van der Waals surface area contributed by atoms with Gasteiger partial charge in [0.25, 0.3) is 5.91 Å². The number of carbonyl (C=O) groups excluding carboxylic acids is 4. The Kier molecular flexibility index (Phi) is 7.47. The zero-order chi connectivity index (χ0) is 22.1. The molecular weight excluding hydrogens is 396 g/mol. The number of hydrogen-bond acceptors (Lipinski definition) is 9. The Bertz CT molecular complexity index is 1030. The van der Waals surface area contributed by atoms with E-state index in [1.54, 1.807) is 12.1 Å². The predicted molar refractivity (Wildman–Crippen MR) is 101 cm³/mol. The number of nitrogens with zero attached hydrogens (tertiary/aromatic N) is 1. The molecule has 1 heterocycles. The van der Waals surface area contributed by atoms with Crippen molar-refractivity contribution in [3.05, 3.63) is 59.1 Å². The van der Waals surface area contributed by atoms with Gasteiger partial charge in [-0.2, -0.15) is 5.26 Å². The quantitative estimate of drug-likeness (QED) is 0.312. The average molecular weight is 412 g/mol. The van der Waals surface area contributed by atoms with Crippen LogP contribution in [0.1, 0.15) is 26.5 Å². The molecule has 0 aliphatic rings. The fourth-order valence-corrected chi connectivity index (χ4v) is 2.23. The van der Waals surface area contributed by atoms with Crippen LogP contribution in [0.15, 0.2) is 46.6 Å². The summed E-state index contributed by atoms with van der Waals surface area (Å²) in [6.45, 7) is -0.751. The summed E-state index contributed by atoms with van der Waals surface area (Å²) in [5.74, 6) is -3.04. The molecule has 1 N–H and O–H groups in total. The number of amides is 1. The SMILES string of the molecule is COC(=O)c1ccc(C(=O)OC)c(NC(=O)COC(=O)/C(C#N)=C/c2ccco2)c1. The van der Waals surface area contributed by atoms with Gasteiger partial charge >= 0.3 is 17.9 Å². The van der Waals surface area contributed by atoms with Crippen LogP contribution in [-0.4, -0.2) is 44.6 Å². The standard InChI is InChI=1S/C20H16N2O8/c1-27-18(24)12-5-6-15(20(26)28-2)16(9-12)22-17(23)11-30-19(25)13(10-21)8-14-4-3-7-29-14/h3-9H,11H2,1-2H3,(H,22,23)/b13-8+. The van der Waals surface area contributed by atoms with Crippen molar-refractivity contribution in [3.63, 3.8) is 0 Å². The van der Waals surface area contributed by atoms with Crippen molar-refractivity contribution in [2.45, 2.75) is 0 Å². The highest BCUT2D eigenvalue weighted by Crippen LogP contribution is 2.20. The molecule has 0 spiro atoms. The van der Waals surface area contributed by atoms with Crippen molar-refractivity contribution in [2.24, 2.45) is 0 Å². The number of carbonyl (C=O) groups is 4. The average Bonchev–Trinajstić information content (AvgIpc) is 3.27. The highest BCUT2D eigenvalue weighted by atomic mass is 16.5. The highest BCUT2D eigenvalue weighted by Gasteiger charge is 2.19. The van der Waals surface area contributed by atoms with Crippen LogP contribution in [-0.2, 0) is 23.8 Å². The maximum atomic E-state index is 12.2. The van der Waals surface area contributed by atoms with Gasteiger partial charge in [-0.3, -0.25) is 4.79 Å². The van der Waals surface area contributed by atoms with Gasteiger partial charge in [0.15, 0.2) is 6.61 Å². The Hall–Kier alpha value is -4.39. The number of nitriles is 1. The Morgan fingerprint density at radius 2 is 1.87 bits per heavy atom. The summed E-state index contributed by atoms with van der Waals surface area (Å²) in [5.41, 5.74) is -0.371. The van der Waals surface area contributed by atoms with E-state index in [0.29, 0.717) is 0 Å². The smallest absolute Gasteiger partial charge is 0.349 e. The molecule has 1 aromatic heterocycles. The third-order valence-corrected chi connectivity index (χ3v) is 3.62. The van der Waals surface area contributed by atoms with Crippen LogP contribution in [0.25, 0.3) is 6.08 Å². The van der Waals surface area contributed by atoms with Gasteiger partial charge in [0.2, 0.25) is 0 Å². The first-order chi connectivity index (χ1) is 14.4. The fourth-order valence-electron chi connectivity index (χ4n) is 2.23. The summed E-state index contributed by atoms with van der Waals surface area (Å²) in [6, 6.07) is 8.57. The van der Waals surface area contributed by atoms with E-state index in [1.165, 1.54) is 37.6 Å². The molecule has 10 heteroatoms. The first-order valence-electron chi connectivity index (χ1n) is 8.32. The third kappa shape index (κ3) is 5.56.